The molecule has 0 aromatic carbocycles. The Kier molecular flexibility index (Phi) is 3.00. The first-order valence-electron chi connectivity index (χ1n) is 6.46. The Morgan fingerprint density at radius 1 is 1.31 bits per heavy atom. The maximum Gasteiger partial charge on any atom is 0.0746 e. The van der Waals surface area contributed by atoms with Crippen LogP contribution in [0.3, 0.4) is 0 Å². The Morgan fingerprint density at radius 2 is 2.00 bits per heavy atom. The van der Waals surface area contributed by atoms with Gasteiger partial charge in [0, 0.05) is 0 Å². The highest BCUT2D eigenvalue weighted by Crippen LogP contribution is 2.49. The van der Waals surface area contributed by atoms with Crippen LogP contribution in [0.4, 0.5) is 0 Å². The van der Waals surface area contributed by atoms with E-state index in [0.29, 0.717) is 17.3 Å². The number of aliphatic hydroxyl groups is 1. The van der Waals surface area contributed by atoms with Crippen LogP contribution in [-0.4, -0.2) is 11.2 Å². The van der Waals surface area contributed by atoms with Gasteiger partial charge < -0.3 is 5.11 Å². The molecule has 0 heterocycles. The van der Waals surface area contributed by atoms with E-state index in [1.165, 1.54) is 12.0 Å². The van der Waals surface area contributed by atoms with Gasteiger partial charge in [-0.1, -0.05) is 44.6 Å². The van der Waals surface area contributed by atoms with Gasteiger partial charge in [-0.3, -0.25) is 0 Å². The zero-order chi connectivity index (χ0) is 11.9. The summed E-state index contributed by atoms with van der Waals surface area (Å²) in [7, 11) is 0. The molecular weight excluding hydrogens is 196 g/mol. The molecule has 0 fully saturated rings. The molecule has 2 aliphatic carbocycles. The molecule has 1 nitrogen and oxygen atoms in total. The number of hydrogen-bond donors (Lipinski definition) is 1. The third-order valence-electron chi connectivity index (χ3n) is 4.92. The quantitative estimate of drug-likeness (QED) is 0.670. The van der Waals surface area contributed by atoms with Crippen LogP contribution in [0.5, 0.6) is 0 Å². The Morgan fingerprint density at radius 3 is 2.50 bits per heavy atom. The van der Waals surface area contributed by atoms with Gasteiger partial charge in [-0.25, -0.2) is 0 Å². The summed E-state index contributed by atoms with van der Waals surface area (Å²) in [5.41, 5.74) is 1.86. The van der Waals surface area contributed by atoms with Crippen molar-refractivity contribution in [2.75, 3.05) is 0 Å². The molecule has 0 bridgehead atoms. The minimum Gasteiger partial charge on any atom is -0.389 e. The second-order valence-electron chi connectivity index (χ2n) is 6.20. The number of allylic oxidation sites excluding steroid dienone is 3. The molecule has 0 spiro atoms. The molecule has 2 rings (SSSR count). The third-order valence-corrected chi connectivity index (χ3v) is 4.92. The highest BCUT2D eigenvalue weighted by Gasteiger charge is 2.40. The first-order valence-corrected chi connectivity index (χ1v) is 6.46. The predicted octanol–water partition coefficient (Wildman–Crippen LogP) is 3.55. The molecule has 2 aliphatic rings. The molecule has 1 N–H and O–H groups in total. The average Bonchev–Trinajstić information content (AvgIpc) is 2.47. The molecule has 16 heavy (non-hydrogen) atoms. The molecule has 0 aliphatic heterocycles. The van der Waals surface area contributed by atoms with Gasteiger partial charge in [0.05, 0.1) is 6.10 Å². The zero-order valence-corrected chi connectivity index (χ0v) is 10.9. The van der Waals surface area contributed by atoms with Crippen molar-refractivity contribution in [2.45, 2.75) is 46.6 Å². The van der Waals surface area contributed by atoms with E-state index < -0.39 is 0 Å². The van der Waals surface area contributed by atoms with Crippen LogP contribution in [0.2, 0.25) is 0 Å². The van der Waals surface area contributed by atoms with Crippen LogP contribution in [0.15, 0.2) is 23.8 Å². The van der Waals surface area contributed by atoms with Crippen LogP contribution < -0.4 is 0 Å². The van der Waals surface area contributed by atoms with Crippen LogP contribution in [-0.2, 0) is 0 Å². The maximum atomic E-state index is 9.72. The summed E-state index contributed by atoms with van der Waals surface area (Å²) >= 11 is 0. The normalized spacial score (nSPS) is 42.2. The summed E-state index contributed by atoms with van der Waals surface area (Å²) in [6.45, 7) is 9.13. The smallest absolute Gasteiger partial charge is 0.0746 e. The minimum atomic E-state index is -0.227. The van der Waals surface area contributed by atoms with Crippen LogP contribution >= 0.6 is 0 Å². The van der Waals surface area contributed by atoms with E-state index in [9.17, 15) is 5.11 Å². The summed E-state index contributed by atoms with van der Waals surface area (Å²) in [5.74, 6) is 1.77. The molecule has 4 unspecified atom stereocenters. The number of rotatable bonds is 1. The summed E-state index contributed by atoms with van der Waals surface area (Å²) in [4.78, 5) is 0. The Balaban J connectivity index is 2.14. The Labute approximate surface area is 99.3 Å². The third kappa shape index (κ3) is 1.86. The van der Waals surface area contributed by atoms with Crippen molar-refractivity contribution in [3.05, 3.63) is 23.8 Å². The van der Waals surface area contributed by atoms with E-state index in [2.05, 4.69) is 39.8 Å². The van der Waals surface area contributed by atoms with Gasteiger partial charge in [0.1, 0.15) is 0 Å². The molecule has 0 aromatic heterocycles. The molecule has 1 heteroatoms. The van der Waals surface area contributed by atoms with Crippen LogP contribution in [0, 0.1) is 23.2 Å². The lowest BCUT2D eigenvalue weighted by molar-refractivity contribution is 0.112. The fourth-order valence-electron chi connectivity index (χ4n) is 3.26. The van der Waals surface area contributed by atoms with E-state index in [-0.39, 0.29) is 6.10 Å². The van der Waals surface area contributed by atoms with Crippen molar-refractivity contribution < 1.29 is 5.11 Å². The standard InChI is InChI=1S/C15H24O/c1-10-9-12(6-8-14(10)16)13-7-5-11(2)15(13,3)4/h5-6,8,10,12-14,16H,7,9H2,1-4H3. The molecular formula is C15H24O. The second-order valence-corrected chi connectivity index (χ2v) is 6.20. The number of aliphatic hydroxyl groups excluding tert-OH is 1. The van der Waals surface area contributed by atoms with E-state index in [4.69, 9.17) is 0 Å². The summed E-state index contributed by atoms with van der Waals surface area (Å²) in [6.07, 6.45) is 8.76. The summed E-state index contributed by atoms with van der Waals surface area (Å²) in [6, 6.07) is 0. The van der Waals surface area contributed by atoms with Gasteiger partial charge in [-0.05, 0) is 42.9 Å². The SMILES string of the molecule is CC1=CCC(C2C=CC(O)C(C)C2)C1(C)C. The van der Waals surface area contributed by atoms with Crippen molar-refractivity contribution >= 4 is 0 Å². The largest absolute Gasteiger partial charge is 0.389 e. The van der Waals surface area contributed by atoms with Crippen molar-refractivity contribution in [3.8, 4) is 0 Å². The van der Waals surface area contributed by atoms with E-state index >= 15 is 0 Å². The maximum absolute atomic E-state index is 9.72. The zero-order valence-electron chi connectivity index (χ0n) is 10.9. The second kappa shape index (κ2) is 4.03. The molecule has 4 atom stereocenters. The average molecular weight is 220 g/mol. The van der Waals surface area contributed by atoms with Crippen molar-refractivity contribution in [1.82, 2.24) is 0 Å². The van der Waals surface area contributed by atoms with E-state index in [0.717, 1.165) is 12.3 Å². The lowest BCUT2D eigenvalue weighted by Gasteiger charge is -2.38. The van der Waals surface area contributed by atoms with Gasteiger partial charge in [0.2, 0.25) is 0 Å². The summed E-state index contributed by atoms with van der Waals surface area (Å²) < 4.78 is 0. The van der Waals surface area contributed by atoms with Crippen molar-refractivity contribution in [2.24, 2.45) is 23.2 Å². The summed E-state index contributed by atoms with van der Waals surface area (Å²) in [5, 5.41) is 9.72. The Hall–Kier alpha value is -0.560. The Bertz CT molecular complexity index is 324. The highest BCUT2D eigenvalue weighted by molar-refractivity contribution is 5.21. The minimum absolute atomic E-state index is 0.227. The fourth-order valence-corrected chi connectivity index (χ4v) is 3.26. The van der Waals surface area contributed by atoms with Gasteiger partial charge in [0.25, 0.3) is 0 Å². The van der Waals surface area contributed by atoms with E-state index in [1.54, 1.807) is 0 Å². The van der Waals surface area contributed by atoms with E-state index in [1.807, 2.05) is 6.08 Å². The van der Waals surface area contributed by atoms with Crippen LogP contribution in [0.25, 0.3) is 0 Å². The van der Waals surface area contributed by atoms with Crippen molar-refractivity contribution in [3.63, 3.8) is 0 Å². The number of hydrogen-bond acceptors (Lipinski definition) is 1. The monoisotopic (exact) mass is 220 g/mol. The topological polar surface area (TPSA) is 20.2 Å². The van der Waals surface area contributed by atoms with Crippen LogP contribution in [0.1, 0.15) is 40.5 Å². The lowest BCUT2D eigenvalue weighted by Crippen LogP contribution is -2.32. The fraction of sp³-hybridized carbons (Fsp3) is 0.733. The van der Waals surface area contributed by atoms with Gasteiger partial charge >= 0.3 is 0 Å². The first kappa shape index (κ1) is 11.9. The van der Waals surface area contributed by atoms with Gasteiger partial charge in [-0.2, -0.15) is 0 Å². The van der Waals surface area contributed by atoms with Crippen molar-refractivity contribution in [1.29, 1.82) is 0 Å². The molecule has 0 saturated carbocycles. The van der Waals surface area contributed by atoms with Gasteiger partial charge in [0.15, 0.2) is 0 Å². The molecule has 0 saturated heterocycles. The molecule has 0 radical (unpaired) electrons. The lowest BCUT2D eigenvalue weighted by atomic mass is 9.67. The molecule has 90 valence electrons. The highest BCUT2D eigenvalue weighted by atomic mass is 16.3. The van der Waals surface area contributed by atoms with Gasteiger partial charge in [-0.15, -0.1) is 0 Å². The first-order chi connectivity index (χ1) is 7.43. The molecule has 0 amide bonds. The predicted molar refractivity (Wildman–Crippen MR) is 68.1 cm³/mol. The molecule has 0 aromatic rings.